The van der Waals surface area contributed by atoms with Gasteiger partial charge in [0.1, 0.15) is 12.1 Å². The molecule has 2 atom stereocenters. The van der Waals surface area contributed by atoms with Crippen LogP contribution in [0.25, 0.3) is 0 Å². The molecule has 162 valence electrons. The van der Waals surface area contributed by atoms with E-state index in [-0.39, 0.29) is 16.5 Å². The van der Waals surface area contributed by atoms with E-state index in [9.17, 15) is 13.2 Å². The third-order valence-electron chi connectivity index (χ3n) is 5.87. The predicted molar refractivity (Wildman–Crippen MR) is 117 cm³/mol. The highest BCUT2D eigenvalue weighted by molar-refractivity contribution is 7.89. The molecule has 0 unspecified atom stereocenters. The molecular formula is C21H33NO5SSi. The van der Waals surface area contributed by atoms with Crippen LogP contribution in [0, 0.1) is 20.8 Å². The van der Waals surface area contributed by atoms with E-state index in [1.807, 2.05) is 6.92 Å². The summed E-state index contributed by atoms with van der Waals surface area (Å²) < 4.78 is 39.5. The van der Waals surface area contributed by atoms with E-state index in [1.54, 1.807) is 26.0 Å². The van der Waals surface area contributed by atoms with E-state index in [1.165, 1.54) is 6.08 Å². The molecule has 1 aliphatic heterocycles. The van der Waals surface area contributed by atoms with Gasteiger partial charge in [0.25, 0.3) is 10.0 Å². The van der Waals surface area contributed by atoms with Gasteiger partial charge in [0.15, 0.2) is 8.32 Å². The fraction of sp³-hybridized carbons (Fsp3) is 0.571. The van der Waals surface area contributed by atoms with E-state index in [4.69, 9.17) is 9.16 Å². The van der Waals surface area contributed by atoms with Crippen molar-refractivity contribution in [2.24, 2.45) is 0 Å². The van der Waals surface area contributed by atoms with Crippen LogP contribution in [0.5, 0.6) is 0 Å². The Morgan fingerprint density at radius 1 is 1.21 bits per heavy atom. The van der Waals surface area contributed by atoms with Crippen LogP contribution in [0.4, 0.5) is 4.79 Å². The van der Waals surface area contributed by atoms with Crippen LogP contribution < -0.4 is 0 Å². The Bertz CT molecular complexity index is 894. The molecular weight excluding hydrogens is 406 g/mol. The number of nitrogens with zero attached hydrogens (tertiary/aromatic N) is 1. The zero-order valence-electron chi connectivity index (χ0n) is 18.7. The van der Waals surface area contributed by atoms with Gasteiger partial charge in [-0.15, -0.1) is 0 Å². The molecule has 1 aromatic carbocycles. The topological polar surface area (TPSA) is 72.9 Å². The average molecular weight is 440 g/mol. The molecule has 29 heavy (non-hydrogen) atoms. The summed E-state index contributed by atoms with van der Waals surface area (Å²) in [6.07, 6.45) is -0.187. The summed E-state index contributed by atoms with van der Waals surface area (Å²) in [4.78, 5) is 12.8. The van der Waals surface area contributed by atoms with Gasteiger partial charge in [0.05, 0.1) is 11.5 Å². The van der Waals surface area contributed by atoms with Crippen molar-refractivity contribution >= 4 is 24.4 Å². The zero-order valence-corrected chi connectivity index (χ0v) is 20.5. The van der Waals surface area contributed by atoms with Crippen molar-refractivity contribution in [1.82, 2.24) is 4.31 Å². The van der Waals surface area contributed by atoms with Crippen molar-refractivity contribution in [1.29, 1.82) is 0 Å². The van der Waals surface area contributed by atoms with Gasteiger partial charge in [0.2, 0.25) is 0 Å². The molecule has 8 heteroatoms. The van der Waals surface area contributed by atoms with Crippen molar-refractivity contribution in [3.63, 3.8) is 0 Å². The molecule has 2 rings (SSSR count). The highest BCUT2D eigenvalue weighted by Crippen LogP contribution is 2.38. The van der Waals surface area contributed by atoms with E-state index < -0.39 is 36.6 Å². The van der Waals surface area contributed by atoms with Gasteiger partial charge >= 0.3 is 6.09 Å². The molecule has 1 saturated heterocycles. The second kappa shape index (κ2) is 7.89. The molecule has 6 nitrogen and oxygen atoms in total. The number of sulfonamides is 1. The normalized spacial score (nSPS) is 20.7. The Morgan fingerprint density at radius 2 is 1.72 bits per heavy atom. The predicted octanol–water partition coefficient (Wildman–Crippen LogP) is 4.70. The number of aryl methyl sites for hydroxylation is 3. The minimum atomic E-state index is -4.11. The lowest BCUT2D eigenvalue weighted by Gasteiger charge is -2.37. The van der Waals surface area contributed by atoms with Crippen LogP contribution >= 0.6 is 0 Å². The minimum Gasteiger partial charge on any atom is -0.439 e. The van der Waals surface area contributed by atoms with Crippen molar-refractivity contribution in [3.8, 4) is 0 Å². The van der Waals surface area contributed by atoms with E-state index >= 15 is 0 Å². The minimum absolute atomic E-state index is 0.0476. The summed E-state index contributed by atoms with van der Waals surface area (Å²) in [7, 11) is -6.27. The van der Waals surface area contributed by atoms with Crippen LogP contribution in [-0.2, 0) is 19.2 Å². The number of amides is 1. The van der Waals surface area contributed by atoms with Gasteiger partial charge in [-0.1, -0.05) is 45.0 Å². The fourth-order valence-electron chi connectivity index (χ4n) is 3.34. The Morgan fingerprint density at radius 3 is 2.17 bits per heavy atom. The molecule has 0 aromatic heterocycles. The summed E-state index contributed by atoms with van der Waals surface area (Å²) in [6.45, 7) is 19.6. The highest BCUT2D eigenvalue weighted by atomic mass is 32.2. The van der Waals surface area contributed by atoms with E-state index in [0.717, 1.165) is 9.87 Å². The third kappa shape index (κ3) is 4.44. The second-order valence-corrected chi connectivity index (χ2v) is 15.8. The lowest BCUT2D eigenvalue weighted by atomic mass is 10.1. The number of carbonyl (C=O) groups excluding carboxylic acids is 1. The second-order valence-electron chi connectivity index (χ2n) is 9.25. The van der Waals surface area contributed by atoms with Gasteiger partial charge in [-0.05, 0) is 56.1 Å². The van der Waals surface area contributed by atoms with Crippen LogP contribution in [-0.4, -0.2) is 45.9 Å². The van der Waals surface area contributed by atoms with Gasteiger partial charge < -0.3 is 9.16 Å². The maximum Gasteiger partial charge on any atom is 0.425 e. The van der Waals surface area contributed by atoms with Crippen molar-refractivity contribution in [2.45, 2.75) is 76.7 Å². The molecule has 1 amide bonds. The molecule has 0 N–H and O–H groups in total. The molecule has 1 heterocycles. The number of rotatable bonds is 6. The molecule has 0 bridgehead atoms. The van der Waals surface area contributed by atoms with Gasteiger partial charge in [-0.25, -0.2) is 13.2 Å². The standard InChI is InChI=1S/C21H33NO5SSi/c1-10-18-17(13-26-29(8,9)21(5,6)7)22(20(23)27-18)28(24,25)19-15(3)11-14(2)12-16(19)4/h10-12,17-18H,1,13H2,2-9H3/t17-,18-/m0/s1. The molecule has 1 aromatic rings. The first-order valence-electron chi connectivity index (χ1n) is 9.73. The van der Waals surface area contributed by atoms with E-state index in [0.29, 0.717) is 11.1 Å². The number of hydrogen-bond acceptors (Lipinski definition) is 5. The first-order valence-corrected chi connectivity index (χ1v) is 14.1. The summed E-state index contributed by atoms with van der Waals surface area (Å²) in [6, 6.07) is 2.81. The van der Waals surface area contributed by atoms with Gasteiger partial charge in [0, 0.05) is 0 Å². The molecule has 1 aliphatic rings. The quantitative estimate of drug-likeness (QED) is 0.475. The molecule has 1 fully saturated rings. The Balaban J connectivity index is 2.48. The first-order chi connectivity index (χ1) is 13.1. The highest BCUT2D eigenvalue weighted by Gasteiger charge is 2.50. The van der Waals surface area contributed by atoms with Crippen LogP contribution in [0.15, 0.2) is 29.7 Å². The number of benzene rings is 1. The molecule has 0 aliphatic carbocycles. The number of hydrogen-bond donors (Lipinski definition) is 0. The molecule has 0 saturated carbocycles. The van der Waals surface area contributed by atoms with E-state index in [2.05, 4.69) is 40.4 Å². The van der Waals surface area contributed by atoms with Crippen LogP contribution in [0.3, 0.4) is 0 Å². The smallest absolute Gasteiger partial charge is 0.425 e. The third-order valence-corrected chi connectivity index (χ3v) is 12.5. The summed E-state index contributed by atoms with van der Waals surface area (Å²) in [5.74, 6) is 0. The van der Waals surface area contributed by atoms with Crippen molar-refractivity contribution < 1.29 is 22.4 Å². The number of cyclic esters (lactones) is 1. The summed E-state index contributed by atoms with van der Waals surface area (Å²) >= 11 is 0. The Kier molecular flexibility index (Phi) is 6.43. The van der Waals surface area contributed by atoms with Gasteiger partial charge in [-0.2, -0.15) is 4.31 Å². The fourth-order valence-corrected chi connectivity index (χ4v) is 6.27. The molecule has 0 radical (unpaired) electrons. The first kappa shape index (κ1) is 23.6. The zero-order chi connectivity index (χ0) is 22.4. The lowest BCUT2D eigenvalue weighted by Crippen LogP contribution is -2.48. The number of ether oxygens (including phenoxy) is 1. The Labute approximate surface area is 176 Å². The number of carbonyl (C=O) groups is 1. The summed E-state index contributed by atoms with van der Waals surface area (Å²) in [5.41, 5.74) is 2.16. The SMILES string of the molecule is C=C[C@@H]1OC(=O)N(S(=O)(=O)c2c(C)cc(C)cc2C)[C@H]1CO[Si](C)(C)C(C)(C)C. The van der Waals surface area contributed by atoms with Crippen molar-refractivity contribution in [2.75, 3.05) is 6.61 Å². The maximum absolute atomic E-state index is 13.5. The largest absolute Gasteiger partial charge is 0.439 e. The summed E-state index contributed by atoms with van der Waals surface area (Å²) in [5, 5.41) is -0.0476. The van der Waals surface area contributed by atoms with Gasteiger partial charge in [-0.3, -0.25) is 0 Å². The maximum atomic E-state index is 13.5. The Hall–Kier alpha value is -1.64. The average Bonchev–Trinajstić information content (AvgIpc) is 2.87. The van der Waals surface area contributed by atoms with Crippen LogP contribution in [0.2, 0.25) is 18.1 Å². The molecule has 0 spiro atoms. The monoisotopic (exact) mass is 439 g/mol. The lowest BCUT2D eigenvalue weighted by molar-refractivity contribution is 0.144. The van der Waals surface area contributed by atoms with Crippen molar-refractivity contribution in [3.05, 3.63) is 41.5 Å². The van der Waals surface area contributed by atoms with Crippen LogP contribution in [0.1, 0.15) is 37.5 Å².